The number of fused-ring (bicyclic) bond motifs is 1. The van der Waals surface area contributed by atoms with Crippen molar-refractivity contribution in [2.24, 2.45) is 7.05 Å². The Bertz CT molecular complexity index is 1550. The minimum atomic E-state index is -3.51. The molecule has 4 rings (SSSR count). The van der Waals surface area contributed by atoms with Gasteiger partial charge < -0.3 is 0 Å². The van der Waals surface area contributed by atoms with Gasteiger partial charge in [0.25, 0.3) is 5.56 Å². The molecule has 170 valence electrons. The monoisotopic (exact) mass is 483 g/mol. The number of aromatic nitrogens is 3. The van der Waals surface area contributed by atoms with Crippen LogP contribution in [0.2, 0.25) is 5.02 Å². The predicted molar refractivity (Wildman–Crippen MR) is 129 cm³/mol. The zero-order valence-corrected chi connectivity index (χ0v) is 19.9. The minimum absolute atomic E-state index is 0.0322. The van der Waals surface area contributed by atoms with E-state index in [4.69, 9.17) is 11.6 Å². The molecular weight excluding hydrogens is 462 g/mol. The number of nitrogens with zero attached hydrogens (tertiary/aromatic N) is 3. The first kappa shape index (κ1) is 22.9. The van der Waals surface area contributed by atoms with Gasteiger partial charge in [0.15, 0.2) is 20.6 Å². The van der Waals surface area contributed by atoms with Crippen molar-refractivity contribution in [1.29, 1.82) is 0 Å². The van der Waals surface area contributed by atoms with E-state index in [1.165, 1.54) is 22.4 Å². The third-order valence-electron chi connectivity index (χ3n) is 5.47. The second kappa shape index (κ2) is 8.61. The summed E-state index contributed by atoms with van der Waals surface area (Å²) in [4.78, 5) is 26.8. The first-order chi connectivity index (χ1) is 15.6. The van der Waals surface area contributed by atoms with E-state index in [0.29, 0.717) is 27.1 Å². The Kier molecular flexibility index (Phi) is 5.99. The maximum atomic E-state index is 13.6. The molecule has 4 aromatic rings. The molecule has 0 N–H and O–H groups in total. The molecule has 0 aliphatic carbocycles. The van der Waals surface area contributed by atoms with Gasteiger partial charge in [-0.05, 0) is 29.1 Å². The average molecular weight is 484 g/mol. The zero-order chi connectivity index (χ0) is 23.9. The average Bonchev–Trinajstić information content (AvgIpc) is 3.16. The summed E-state index contributed by atoms with van der Waals surface area (Å²) < 4.78 is 26.8. The molecule has 0 aliphatic heterocycles. The summed E-state index contributed by atoms with van der Waals surface area (Å²) in [6, 6.07) is 15.7. The lowest BCUT2D eigenvalue weighted by Crippen LogP contribution is -2.28. The maximum Gasteiger partial charge on any atom is 0.259 e. The van der Waals surface area contributed by atoms with Crippen LogP contribution >= 0.6 is 11.6 Å². The van der Waals surface area contributed by atoms with Crippen LogP contribution in [0.15, 0.2) is 64.4 Å². The summed E-state index contributed by atoms with van der Waals surface area (Å²) in [5.41, 5.74) is 1.62. The lowest BCUT2D eigenvalue weighted by Gasteiger charge is -2.19. The van der Waals surface area contributed by atoms with Gasteiger partial charge in [-0.15, -0.1) is 0 Å². The number of halogens is 1. The summed E-state index contributed by atoms with van der Waals surface area (Å²) in [5.74, 6) is -0.216. The van der Waals surface area contributed by atoms with Gasteiger partial charge in [-0.1, -0.05) is 48.9 Å². The van der Waals surface area contributed by atoms with Crippen LogP contribution in [0.5, 0.6) is 0 Å². The highest BCUT2D eigenvalue weighted by molar-refractivity contribution is 7.90. The standard InChI is InChI=1S/C24H22ClN3O4S/c1-4-20(29)23-22(15-8-6-5-7-9-15)19-12-16(25)10-11-18(19)24(30)28(23)14-17-13-21(27(2)26-17)33(3,31)32/h5-13H,4,14H2,1-3H3. The molecule has 0 atom stereocenters. The van der Waals surface area contributed by atoms with Gasteiger partial charge in [0.05, 0.1) is 17.9 Å². The van der Waals surface area contributed by atoms with E-state index in [9.17, 15) is 18.0 Å². The minimum Gasteiger partial charge on any atom is -0.298 e. The normalized spacial score (nSPS) is 11.8. The highest BCUT2D eigenvalue weighted by Crippen LogP contribution is 2.33. The lowest BCUT2D eigenvalue weighted by atomic mass is 9.94. The first-order valence-corrected chi connectivity index (χ1v) is 12.6. The van der Waals surface area contributed by atoms with Gasteiger partial charge >= 0.3 is 0 Å². The maximum absolute atomic E-state index is 13.6. The number of benzene rings is 2. The lowest BCUT2D eigenvalue weighted by molar-refractivity contribution is 0.0979. The fourth-order valence-electron chi connectivity index (χ4n) is 4.02. The van der Waals surface area contributed by atoms with Gasteiger partial charge in [-0.3, -0.25) is 18.8 Å². The van der Waals surface area contributed by atoms with E-state index < -0.39 is 9.84 Å². The van der Waals surface area contributed by atoms with Crippen LogP contribution in [-0.4, -0.2) is 34.8 Å². The summed E-state index contributed by atoms with van der Waals surface area (Å²) in [6.07, 6.45) is 1.28. The molecule has 0 bridgehead atoms. The summed E-state index contributed by atoms with van der Waals surface area (Å²) in [7, 11) is -1.98. The third kappa shape index (κ3) is 4.24. The Hall–Kier alpha value is -3.23. The van der Waals surface area contributed by atoms with Crippen LogP contribution in [0.25, 0.3) is 21.9 Å². The molecule has 0 fully saturated rings. The molecular formula is C24H22ClN3O4S. The summed E-state index contributed by atoms with van der Waals surface area (Å²) >= 11 is 6.27. The first-order valence-electron chi connectivity index (χ1n) is 10.3. The van der Waals surface area contributed by atoms with Crippen molar-refractivity contribution in [2.45, 2.75) is 24.9 Å². The predicted octanol–water partition coefficient (Wildman–Crippen LogP) is 4.10. The molecule has 9 heteroatoms. The van der Waals surface area contributed by atoms with Crippen LogP contribution in [-0.2, 0) is 23.4 Å². The van der Waals surface area contributed by atoms with Crippen molar-refractivity contribution in [3.05, 3.63) is 81.4 Å². The van der Waals surface area contributed by atoms with Gasteiger partial charge in [-0.2, -0.15) is 5.10 Å². The van der Waals surface area contributed by atoms with E-state index in [1.54, 1.807) is 25.1 Å². The number of hydrogen-bond donors (Lipinski definition) is 0. The number of pyridine rings is 1. The Balaban J connectivity index is 2.08. The van der Waals surface area contributed by atoms with Gasteiger partial charge in [0, 0.05) is 41.8 Å². The number of Topliss-reactive ketones (excluding diaryl/α,β-unsaturated/α-hetero) is 1. The third-order valence-corrected chi connectivity index (χ3v) is 6.85. The Labute approximate surface area is 196 Å². The van der Waals surface area contributed by atoms with Crippen LogP contribution < -0.4 is 5.56 Å². The molecule has 0 aliphatic rings. The Morgan fingerprint density at radius 3 is 2.36 bits per heavy atom. The second-order valence-electron chi connectivity index (χ2n) is 7.82. The number of ketones is 1. The van der Waals surface area contributed by atoms with Crippen LogP contribution in [0, 0.1) is 0 Å². The second-order valence-corrected chi connectivity index (χ2v) is 10.2. The number of sulfone groups is 1. The van der Waals surface area contributed by atoms with E-state index in [0.717, 1.165) is 11.8 Å². The summed E-state index contributed by atoms with van der Waals surface area (Å²) in [6.45, 7) is 1.68. The van der Waals surface area contributed by atoms with Gasteiger partial charge in [-0.25, -0.2) is 8.42 Å². The summed E-state index contributed by atoms with van der Waals surface area (Å²) in [5, 5.41) is 5.76. The van der Waals surface area contributed by atoms with E-state index >= 15 is 0 Å². The van der Waals surface area contributed by atoms with E-state index in [-0.39, 0.29) is 35.0 Å². The molecule has 0 radical (unpaired) electrons. The topological polar surface area (TPSA) is 91.0 Å². The van der Waals surface area contributed by atoms with Gasteiger partial charge in [0.1, 0.15) is 0 Å². The SMILES string of the molecule is CCC(=O)c1c(-c2ccccc2)c2cc(Cl)ccc2c(=O)n1Cc1cc(S(C)(=O)=O)n(C)n1. The van der Waals surface area contributed by atoms with Crippen LogP contribution in [0.1, 0.15) is 29.5 Å². The molecule has 33 heavy (non-hydrogen) atoms. The molecule has 0 unspecified atom stereocenters. The Morgan fingerprint density at radius 1 is 1.06 bits per heavy atom. The zero-order valence-electron chi connectivity index (χ0n) is 18.4. The highest BCUT2D eigenvalue weighted by atomic mass is 35.5. The van der Waals surface area contributed by atoms with Crippen molar-refractivity contribution >= 4 is 38.0 Å². The smallest absolute Gasteiger partial charge is 0.259 e. The quantitative estimate of drug-likeness (QED) is 0.385. The van der Waals surface area contributed by atoms with Crippen molar-refractivity contribution in [1.82, 2.24) is 14.3 Å². The largest absolute Gasteiger partial charge is 0.298 e. The van der Waals surface area contributed by atoms with Crippen LogP contribution in [0.4, 0.5) is 0 Å². The molecule has 0 spiro atoms. The fraction of sp³-hybridized carbons (Fsp3) is 0.208. The molecule has 2 heterocycles. The molecule has 0 saturated carbocycles. The van der Waals surface area contributed by atoms with E-state index in [1.807, 2.05) is 30.3 Å². The van der Waals surface area contributed by atoms with Crippen LogP contribution in [0.3, 0.4) is 0 Å². The molecule has 2 aromatic heterocycles. The molecule has 7 nitrogen and oxygen atoms in total. The number of hydrogen-bond acceptors (Lipinski definition) is 5. The number of carbonyl (C=O) groups excluding carboxylic acids is 1. The number of carbonyl (C=O) groups is 1. The number of rotatable bonds is 6. The fourth-order valence-corrected chi connectivity index (χ4v) is 5.06. The van der Waals surface area contributed by atoms with E-state index in [2.05, 4.69) is 5.10 Å². The Morgan fingerprint density at radius 2 is 1.76 bits per heavy atom. The van der Waals surface area contributed by atoms with Crippen molar-refractivity contribution in [3.8, 4) is 11.1 Å². The van der Waals surface area contributed by atoms with Crippen molar-refractivity contribution in [2.75, 3.05) is 6.26 Å². The molecule has 0 amide bonds. The number of aryl methyl sites for hydroxylation is 1. The highest BCUT2D eigenvalue weighted by Gasteiger charge is 2.24. The van der Waals surface area contributed by atoms with Crippen molar-refractivity contribution < 1.29 is 13.2 Å². The molecule has 2 aromatic carbocycles. The van der Waals surface area contributed by atoms with Gasteiger partial charge in [0.2, 0.25) is 0 Å². The van der Waals surface area contributed by atoms with Crippen molar-refractivity contribution in [3.63, 3.8) is 0 Å². The molecule has 0 saturated heterocycles.